The number of amides is 2. The van der Waals surface area contributed by atoms with Crippen molar-refractivity contribution in [3.63, 3.8) is 0 Å². The third kappa shape index (κ3) is 6.29. The van der Waals surface area contributed by atoms with E-state index in [-0.39, 0.29) is 22.9 Å². The SMILES string of the molecule is CCCC(N(NC(=O)c1ccc(B2OC(C)(C)C(C)(C)O2)cc1F)C(=O)c1cc(C)cc(C)c1)C(C)(C)C. The van der Waals surface area contributed by atoms with Gasteiger partial charge in [-0.2, -0.15) is 0 Å². The maximum Gasteiger partial charge on any atom is 0.494 e. The number of halogens is 1. The molecule has 0 saturated carbocycles. The number of nitrogens with zero attached hydrogens (tertiary/aromatic N) is 1. The van der Waals surface area contributed by atoms with Gasteiger partial charge in [-0.25, -0.2) is 9.40 Å². The molecule has 2 aromatic rings. The fourth-order valence-electron chi connectivity index (χ4n) is 4.74. The number of hydrogen-bond donors (Lipinski definition) is 1. The van der Waals surface area contributed by atoms with Crippen LogP contribution in [0.25, 0.3) is 0 Å². The van der Waals surface area contributed by atoms with E-state index < -0.39 is 30.0 Å². The van der Waals surface area contributed by atoms with Crippen LogP contribution >= 0.6 is 0 Å². The van der Waals surface area contributed by atoms with Crippen molar-refractivity contribution in [2.24, 2.45) is 5.41 Å². The molecule has 206 valence electrons. The second kappa shape index (κ2) is 10.8. The van der Waals surface area contributed by atoms with Crippen LogP contribution in [0.1, 0.15) is 100 Å². The topological polar surface area (TPSA) is 67.9 Å². The molecule has 2 aromatic carbocycles. The van der Waals surface area contributed by atoms with Crippen molar-refractivity contribution in [3.05, 3.63) is 64.5 Å². The summed E-state index contributed by atoms with van der Waals surface area (Å²) < 4.78 is 27.4. The molecule has 1 fully saturated rings. The molecule has 38 heavy (non-hydrogen) atoms. The molecule has 1 atom stereocenters. The first kappa shape index (κ1) is 29.8. The molecule has 1 aliphatic rings. The smallest absolute Gasteiger partial charge is 0.399 e. The van der Waals surface area contributed by atoms with Crippen LogP contribution in [0.2, 0.25) is 0 Å². The Morgan fingerprint density at radius 3 is 2.03 bits per heavy atom. The van der Waals surface area contributed by atoms with Gasteiger partial charge < -0.3 is 9.31 Å². The monoisotopic (exact) mass is 524 g/mol. The summed E-state index contributed by atoms with van der Waals surface area (Å²) in [6, 6.07) is 9.60. The van der Waals surface area contributed by atoms with Crippen LogP contribution in [0.3, 0.4) is 0 Å². The molecule has 0 spiro atoms. The second-order valence-electron chi connectivity index (χ2n) is 12.5. The predicted molar refractivity (Wildman–Crippen MR) is 150 cm³/mol. The molecule has 1 heterocycles. The van der Waals surface area contributed by atoms with Crippen LogP contribution in [0.15, 0.2) is 36.4 Å². The van der Waals surface area contributed by atoms with E-state index in [2.05, 4.69) is 5.43 Å². The fourth-order valence-corrected chi connectivity index (χ4v) is 4.74. The Morgan fingerprint density at radius 1 is 1.00 bits per heavy atom. The van der Waals surface area contributed by atoms with Gasteiger partial charge >= 0.3 is 7.12 Å². The summed E-state index contributed by atoms with van der Waals surface area (Å²) in [4.78, 5) is 27.2. The largest absolute Gasteiger partial charge is 0.494 e. The van der Waals surface area contributed by atoms with E-state index in [4.69, 9.17) is 9.31 Å². The second-order valence-corrected chi connectivity index (χ2v) is 12.5. The van der Waals surface area contributed by atoms with Crippen molar-refractivity contribution in [1.29, 1.82) is 0 Å². The van der Waals surface area contributed by atoms with E-state index in [9.17, 15) is 9.59 Å². The lowest BCUT2D eigenvalue weighted by molar-refractivity contribution is 0.00578. The van der Waals surface area contributed by atoms with E-state index >= 15 is 4.39 Å². The van der Waals surface area contributed by atoms with Crippen molar-refractivity contribution < 1.29 is 23.3 Å². The van der Waals surface area contributed by atoms with Crippen molar-refractivity contribution >= 4 is 24.4 Å². The van der Waals surface area contributed by atoms with Gasteiger partial charge in [0.05, 0.1) is 22.8 Å². The Bertz CT molecular complexity index is 1170. The number of nitrogens with one attached hydrogen (secondary N) is 1. The van der Waals surface area contributed by atoms with Crippen LogP contribution in [-0.2, 0) is 9.31 Å². The highest BCUT2D eigenvalue weighted by Gasteiger charge is 2.51. The summed E-state index contributed by atoms with van der Waals surface area (Å²) in [6.45, 7) is 19.7. The van der Waals surface area contributed by atoms with Gasteiger partial charge in [-0.15, -0.1) is 0 Å². The first-order valence-corrected chi connectivity index (χ1v) is 13.3. The van der Waals surface area contributed by atoms with Gasteiger partial charge in [0, 0.05) is 5.56 Å². The first-order valence-electron chi connectivity index (χ1n) is 13.3. The molecule has 6 nitrogen and oxygen atoms in total. The maximum atomic E-state index is 15.3. The Kier molecular flexibility index (Phi) is 8.49. The van der Waals surface area contributed by atoms with E-state index in [0.717, 1.165) is 17.5 Å². The Morgan fingerprint density at radius 2 is 1.55 bits per heavy atom. The van der Waals surface area contributed by atoms with Gasteiger partial charge in [-0.3, -0.25) is 15.0 Å². The van der Waals surface area contributed by atoms with Gasteiger partial charge in [0.25, 0.3) is 11.8 Å². The van der Waals surface area contributed by atoms with Crippen LogP contribution in [0.5, 0.6) is 0 Å². The van der Waals surface area contributed by atoms with Crippen molar-refractivity contribution in [2.45, 2.75) is 99.3 Å². The number of hydrazine groups is 1. The highest BCUT2D eigenvalue weighted by Crippen LogP contribution is 2.36. The molecular weight excluding hydrogens is 482 g/mol. The molecule has 0 aliphatic carbocycles. The number of carbonyl (C=O) groups excluding carboxylic acids is 2. The lowest BCUT2D eigenvalue weighted by Crippen LogP contribution is -2.56. The van der Waals surface area contributed by atoms with Crippen LogP contribution in [0.4, 0.5) is 4.39 Å². The number of hydrogen-bond acceptors (Lipinski definition) is 4. The summed E-state index contributed by atoms with van der Waals surface area (Å²) in [6.07, 6.45) is 1.48. The average molecular weight is 524 g/mol. The van der Waals surface area contributed by atoms with E-state index in [1.165, 1.54) is 17.1 Å². The first-order chi connectivity index (χ1) is 17.5. The summed E-state index contributed by atoms with van der Waals surface area (Å²) in [7, 11) is -0.746. The number of benzene rings is 2. The minimum absolute atomic E-state index is 0.160. The summed E-state index contributed by atoms with van der Waals surface area (Å²) in [5, 5.41) is 1.39. The molecule has 1 aliphatic heterocycles. The average Bonchev–Trinajstić information content (AvgIpc) is 3.00. The molecule has 8 heteroatoms. The summed E-state index contributed by atoms with van der Waals surface area (Å²) in [5.74, 6) is -1.73. The quantitative estimate of drug-likeness (QED) is 0.387. The zero-order chi connectivity index (χ0) is 28.6. The van der Waals surface area contributed by atoms with Gasteiger partial charge in [-0.05, 0) is 83.1 Å². The normalized spacial score (nSPS) is 17.3. The van der Waals surface area contributed by atoms with Crippen molar-refractivity contribution in [3.8, 4) is 0 Å². The number of carbonyl (C=O) groups is 2. The van der Waals surface area contributed by atoms with E-state index in [0.29, 0.717) is 17.4 Å². The molecule has 0 radical (unpaired) electrons. The lowest BCUT2D eigenvalue weighted by atomic mass is 9.78. The van der Waals surface area contributed by atoms with Gasteiger partial charge in [0.1, 0.15) is 5.82 Å². The Balaban J connectivity index is 1.93. The predicted octanol–water partition coefficient (Wildman–Crippen LogP) is 5.74. The van der Waals surface area contributed by atoms with Crippen LogP contribution < -0.4 is 10.9 Å². The standard InChI is InChI=1S/C30H42BFN2O4/c1-11-12-25(28(4,5)6)34(27(36)21-16-19(2)15-20(3)17-21)33-26(35)23-14-13-22(18-24(23)32)31-37-29(7,8)30(9,10)38-31/h13-18,25H,11-12H2,1-10H3,(H,33,35). The third-order valence-electron chi connectivity index (χ3n) is 7.55. The van der Waals surface area contributed by atoms with E-state index in [1.54, 1.807) is 18.2 Å². The van der Waals surface area contributed by atoms with Crippen molar-refractivity contribution in [1.82, 2.24) is 10.4 Å². The Labute approximate surface area is 227 Å². The fraction of sp³-hybridized carbons (Fsp3) is 0.533. The number of aryl methyl sites for hydroxylation is 2. The Hall–Kier alpha value is -2.71. The molecule has 0 bridgehead atoms. The number of rotatable bonds is 6. The van der Waals surface area contributed by atoms with Gasteiger partial charge in [0.2, 0.25) is 0 Å². The molecule has 2 amide bonds. The molecule has 0 aromatic heterocycles. The molecule has 1 N–H and O–H groups in total. The zero-order valence-corrected chi connectivity index (χ0v) is 24.5. The highest BCUT2D eigenvalue weighted by atomic mass is 19.1. The van der Waals surface area contributed by atoms with Crippen LogP contribution in [-0.4, -0.2) is 41.2 Å². The van der Waals surface area contributed by atoms with Crippen LogP contribution in [0, 0.1) is 25.1 Å². The molecule has 3 rings (SSSR count). The summed E-state index contributed by atoms with van der Waals surface area (Å²) in [5.41, 5.74) is 3.99. The van der Waals surface area contributed by atoms with Gasteiger partial charge in [-0.1, -0.05) is 57.4 Å². The molecular formula is C30H42BFN2O4. The van der Waals surface area contributed by atoms with Gasteiger partial charge in [0.15, 0.2) is 0 Å². The molecule has 1 unspecified atom stereocenters. The van der Waals surface area contributed by atoms with Crippen molar-refractivity contribution in [2.75, 3.05) is 0 Å². The lowest BCUT2D eigenvalue weighted by Gasteiger charge is -2.40. The summed E-state index contributed by atoms with van der Waals surface area (Å²) >= 11 is 0. The maximum absolute atomic E-state index is 15.3. The minimum atomic E-state index is -0.746. The van der Waals surface area contributed by atoms with E-state index in [1.807, 2.05) is 75.3 Å². The molecule has 1 saturated heterocycles. The minimum Gasteiger partial charge on any atom is -0.399 e. The zero-order valence-electron chi connectivity index (χ0n) is 24.5. The highest BCUT2D eigenvalue weighted by molar-refractivity contribution is 6.62. The third-order valence-corrected chi connectivity index (χ3v) is 7.55.